The summed E-state index contributed by atoms with van der Waals surface area (Å²) in [7, 11) is 0. The van der Waals surface area contributed by atoms with Gasteiger partial charge in [0.25, 0.3) is 0 Å². The highest BCUT2D eigenvalue weighted by Gasteiger charge is 2.17. The topological polar surface area (TPSA) is 42.1 Å². The van der Waals surface area contributed by atoms with Gasteiger partial charge < -0.3 is 10.6 Å². The van der Waals surface area contributed by atoms with E-state index in [1.165, 1.54) is 29.7 Å². The van der Waals surface area contributed by atoms with Crippen LogP contribution in [0.5, 0.6) is 0 Å². The average molecular weight is 281 g/mol. The predicted octanol–water partition coefficient (Wildman–Crippen LogP) is 3.57. The summed E-state index contributed by atoms with van der Waals surface area (Å²) in [6.45, 7) is 5.29. The third kappa shape index (κ3) is 3.02. The second-order valence-electron chi connectivity index (χ2n) is 6.09. The molecule has 0 saturated carbocycles. The van der Waals surface area contributed by atoms with Gasteiger partial charge in [-0.15, -0.1) is 0 Å². The molecule has 3 rings (SSSR count). The Hall–Kier alpha value is -2.03. The largest absolute Gasteiger partial charge is 0.399 e. The van der Waals surface area contributed by atoms with E-state index in [-0.39, 0.29) is 0 Å². The van der Waals surface area contributed by atoms with Gasteiger partial charge in [0.05, 0.1) is 0 Å². The summed E-state index contributed by atoms with van der Waals surface area (Å²) in [6.07, 6.45) is 3.55. The van der Waals surface area contributed by atoms with E-state index < -0.39 is 0 Å². The normalized spacial score (nSPS) is 13.5. The van der Waals surface area contributed by atoms with Gasteiger partial charge in [0, 0.05) is 24.0 Å². The lowest BCUT2D eigenvalue weighted by Crippen LogP contribution is -2.31. The molecule has 1 aliphatic rings. The molecule has 110 valence electrons. The number of aryl methyl sites for hydroxylation is 2. The van der Waals surface area contributed by atoms with E-state index in [4.69, 9.17) is 10.7 Å². The molecule has 0 atom stereocenters. The Kier molecular flexibility index (Phi) is 3.82. The summed E-state index contributed by atoms with van der Waals surface area (Å²) in [5, 5.41) is 0. The van der Waals surface area contributed by atoms with Crippen molar-refractivity contribution in [3.63, 3.8) is 0 Å². The highest BCUT2D eigenvalue weighted by molar-refractivity contribution is 5.46. The molecule has 2 N–H and O–H groups in total. The Morgan fingerprint density at radius 1 is 1.10 bits per heavy atom. The van der Waals surface area contributed by atoms with Crippen molar-refractivity contribution in [1.82, 2.24) is 4.98 Å². The van der Waals surface area contributed by atoms with E-state index in [2.05, 4.69) is 43.0 Å². The molecule has 0 saturated heterocycles. The third-order valence-electron chi connectivity index (χ3n) is 4.16. The van der Waals surface area contributed by atoms with E-state index >= 15 is 0 Å². The van der Waals surface area contributed by atoms with Crippen LogP contribution in [-0.4, -0.2) is 11.0 Å². The fourth-order valence-corrected chi connectivity index (χ4v) is 2.92. The van der Waals surface area contributed by atoms with Gasteiger partial charge in [0.15, 0.2) is 0 Å². The highest BCUT2D eigenvalue weighted by atomic mass is 15.2. The zero-order valence-electron chi connectivity index (χ0n) is 12.8. The Morgan fingerprint density at radius 3 is 2.57 bits per heavy atom. The average Bonchev–Trinajstić information content (AvgIpc) is 2.93. The summed E-state index contributed by atoms with van der Waals surface area (Å²) >= 11 is 0. The first-order valence-electron chi connectivity index (χ1n) is 7.73. The number of hydrogen-bond donors (Lipinski definition) is 1. The molecule has 2 aromatic rings. The first-order valence-corrected chi connectivity index (χ1v) is 7.73. The molecule has 3 heteroatoms. The molecule has 1 aromatic carbocycles. The molecule has 0 bridgehead atoms. The van der Waals surface area contributed by atoms with Crippen molar-refractivity contribution in [3.05, 3.63) is 53.2 Å². The molecule has 0 aliphatic heterocycles. The number of nitrogens with zero attached hydrogens (tertiary/aromatic N) is 2. The second kappa shape index (κ2) is 5.76. The fourth-order valence-electron chi connectivity index (χ4n) is 2.92. The number of fused-ring (bicyclic) bond motifs is 1. The maximum Gasteiger partial charge on any atom is 0.129 e. The van der Waals surface area contributed by atoms with Gasteiger partial charge in [-0.3, -0.25) is 0 Å². The van der Waals surface area contributed by atoms with E-state index in [0.29, 0.717) is 6.04 Å². The summed E-state index contributed by atoms with van der Waals surface area (Å²) < 4.78 is 0. The van der Waals surface area contributed by atoms with Crippen LogP contribution in [0.25, 0.3) is 0 Å². The highest BCUT2D eigenvalue weighted by Crippen LogP contribution is 2.25. The minimum atomic E-state index is 0.412. The molecule has 3 nitrogen and oxygen atoms in total. The van der Waals surface area contributed by atoms with Crippen LogP contribution in [0, 0.1) is 0 Å². The maximum absolute atomic E-state index is 5.76. The van der Waals surface area contributed by atoms with Crippen LogP contribution in [-0.2, 0) is 19.4 Å². The predicted molar refractivity (Wildman–Crippen MR) is 88.4 cm³/mol. The van der Waals surface area contributed by atoms with Crippen LogP contribution in [0.3, 0.4) is 0 Å². The second-order valence-corrected chi connectivity index (χ2v) is 6.09. The van der Waals surface area contributed by atoms with Crippen LogP contribution in [0.15, 0.2) is 36.4 Å². The molecule has 0 radical (unpaired) electrons. The van der Waals surface area contributed by atoms with Gasteiger partial charge in [-0.25, -0.2) is 4.98 Å². The SMILES string of the molecule is CC(C)N(Cc1ccc(N)cc1)c1ccc2c(n1)CCC2. The van der Waals surface area contributed by atoms with Crippen molar-refractivity contribution in [3.8, 4) is 0 Å². The number of pyridine rings is 1. The van der Waals surface area contributed by atoms with E-state index in [1.54, 1.807) is 0 Å². The van der Waals surface area contributed by atoms with Crippen LogP contribution < -0.4 is 10.6 Å². The Labute approximate surface area is 126 Å². The van der Waals surface area contributed by atoms with Crippen LogP contribution in [0.2, 0.25) is 0 Å². The zero-order chi connectivity index (χ0) is 14.8. The van der Waals surface area contributed by atoms with Gasteiger partial charge in [-0.05, 0) is 62.4 Å². The van der Waals surface area contributed by atoms with Crippen molar-refractivity contribution in [1.29, 1.82) is 0 Å². The summed E-state index contributed by atoms with van der Waals surface area (Å²) in [6, 6.07) is 12.9. The summed E-state index contributed by atoms with van der Waals surface area (Å²) in [5.74, 6) is 1.09. The van der Waals surface area contributed by atoms with Gasteiger partial charge in [0.2, 0.25) is 0 Å². The number of hydrogen-bond acceptors (Lipinski definition) is 3. The lowest BCUT2D eigenvalue weighted by molar-refractivity contribution is 0.670. The minimum Gasteiger partial charge on any atom is -0.399 e. The van der Waals surface area contributed by atoms with E-state index in [9.17, 15) is 0 Å². The Bertz CT molecular complexity index is 617. The first-order chi connectivity index (χ1) is 10.1. The number of nitrogen functional groups attached to an aromatic ring is 1. The van der Waals surface area contributed by atoms with Gasteiger partial charge in [-0.1, -0.05) is 18.2 Å². The monoisotopic (exact) mass is 281 g/mol. The van der Waals surface area contributed by atoms with Crippen molar-refractivity contribution < 1.29 is 0 Å². The van der Waals surface area contributed by atoms with Crippen molar-refractivity contribution >= 4 is 11.5 Å². The quantitative estimate of drug-likeness (QED) is 0.871. The number of benzene rings is 1. The van der Waals surface area contributed by atoms with E-state index in [1.807, 2.05) is 12.1 Å². The van der Waals surface area contributed by atoms with Crippen LogP contribution >= 0.6 is 0 Å². The number of nitrogens with two attached hydrogens (primary N) is 1. The molecule has 21 heavy (non-hydrogen) atoms. The lowest BCUT2D eigenvalue weighted by atomic mass is 10.1. The standard InChI is InChI=1S/C18H23N3/c1-13(2)21(12-14-6-9-16(19)10-7-14)18-11-8-15-4-3-5-17(15)20-18/h6-11,13H,3-5,12,19H2,1-2H3. The molecule has 0 unspecified atom stereocenters. The van der Waals surface area contributed by atoms with Crippen LogP contribution in [0.4, 0.5) is 11.5 Å². The molecule has 1 aliphatic carbocycles. The van der Waals surface area contributed by atoms with Crippen molar-refractivity contribution in [2.75, 3.05) is 10.6 Å². The molecule has 1 aromatic heterocycles. The first kappa shape index (κ1) is 13.9. The molecule has 1 heterocycles. The number of rotatable bonds is 4. The molecular weight excluding hydrogens is 258 g/mol. The third-order valence-corrected chi connectivity index (χ3v) is 4.16. The van der Waals surface area contributed by atoms with Gasteiger partial charge in [-0.2, -0.15) is 0 Å². The maximum atomic E-state index is 5.76. The minimum absolute atomic E-state index is 0.412. The Morgan fingerprint density at radius 2 is 1.86 bits per heavy atom. The van der Waals surface area contributed by atoms with Crippen molar-refractivity contribution in [2.24, 2.45) is 0 Å². The van der Waals surface area contributed by atoms with Crippen LogP contribution in [0.1, 0.15) is 37.1 Å². The Balaban J connectivity index is 1.86. The molecule has 0 amide bonds. The molecule has 0 fully saturated rings. The number of aromatic nitrogens is 1. The van der Waals surface area contributed by atoms with Gasteiger partial charge >= 0.3 is 0 Å². The summed E-state index contributed by atoms with van der Waals surface area (Å²) in [5.41, 5.74) is 10.6. The molecule has 0 spiro atoms. The smallest absolute Gasteiger partial charge is 0.129 e. The number of anilines is 2. The van der Waals surface area contributed by atoms with Crippen molar-refractivity contribution in [2.45, 2.75) is 45.7 Å². The van der Waals surface area contributed by atoms with E-state index in [0.717, 1.165) is 24.5 Å². The lowest BCUT2D eigenvalue weighted by Gasteiger charge is -2.28. The molecular formula is C18H23N3. The summed E-state index contributed by atoms with van der Waals surface area (Å²) in [4.78, 5) is 7.24. The zero-order valence-corrected chi connectivity index (χ0v) is 12.8. The fraction of sp³-hybridized carbons (Fsp3) is 0.389. The van der Waals surface area contributed by atoms with Gasteiger partial charge in [0.1, 0.15) is 5.82 Å².